The van der Waals surface area contributed by atoms with Crippen LogP contribution in [0.25, 0.3) is 27.8 Å². The minimum atomic E-state index is -3.92. The first kappa shape index (κ1) is 25.9. The number of pyridine rings is 1. The van der Waals surface area contributed by atoms with Gasteiger partial charge in [-0.15, -0.1) is 0 Å². The number of carbonyl (C=O) groups is 1. The van der Waals surface area contributed by atoms with Gasteiger partial charge in [-0.1, -0.05) is 36.4 Å². The number of imidazole rings is 1. The Labute approximate surface area is 231 Å². The molecule has 5 aromatic rings. The Morgan fingerprint density at radius 3 is 2.48 bits per heavy atom. The summed E-state index contributed by atoms with van der Waals surface area (Å²) in [7, 11) is -3.92. The molecule has 1 saturated heterocycles. The standard InChI is InChI=1S/C29H28N6O4S/c1-20(36)33-40(37,38)25-12-7-22(8-13-25)27-18-30-28(34-14-16-39-17-15-34)29-32-24(19-35(27)29)11-10-23-9-6-21-4-2-3-5-26(21)31-23/h2-9,12-13,18-19H,10-11,14-17H2,1H3,(H,33,36). The number of carbonyl (C=O) groups excluding carboxylic acids is 1. The van der Waals surface area contributed by atoms with Crippen molar-refractivity contribution in [2.45, 2.75) is 24.7 Å². The normalized spacial score (nSPS) is 14.1. The van der Waals surface area contributed by atoms with E-state index in [9.17, 15) is 13.2 Å². The molecular formula is C29H28N6O4S. The van der Waals surface area contributed by atoms with Crippen molar-refractivity contribution in [3.63, 3.8) is 0 Å². The second kappa shape index (κ2) is 10.7. The molecule has 0 aliphatic carbocycles. The van der Waals surface area contributed by atoms with E-state index in [2.05, 4.69) is 23.1 Å². The number of aromatic nitrogens is 4. The van der Waals surface area contributed by atoms with Gasteiger partial charge >= 0.3 is 0 Å². The minimum absolute atomic E-state index is 0.00907. The van der Waals surface area contributed by atoms with Gasteiger partial charge in [0.1, 0.15) is 0 Å². The van der Waals surface area contributed by atoms with Gasteiger partial charge < -0.3 is 9.64 Å². The summed E-state index contributed by atoms with van der Waals surface area (Å²) in [5, 5.41) is 1.11. The Morgan fingerprint density at radius 2 is 1.70 bits per heavy atom. The number of nitrogens with zero attached hydrogens (tertiary/aromatic N) is 5. The van der Waals surface area contributed by atoms with E-state index in [1.165, 1.54) is 12.1 Å². The van der Waals surface area contributed by atoms with Crippen molar-refractivity contribution in [1.82, 2.24) is 24.1 Å². The Hall–Kier alpha value is -4.35. The third-order valence-electron chi connectivity index (χ3n) is 6.87. The molecule has 1 aliphatic heterocycles. The lowest BCUT2D eigenvalue weighted by molar-refractivity contribution is -0.117. The number of ether oxygens (including phenoxy) is 1. The topological polar surface area (TPSA) is 119 Å². The van der Waals surface area contributed by atoms with Crippen molar-refractivity contribution in [3.8, 4) is 11.3 Å². The second-order valence-electron chi connectivity index (χ2n) is 9.67. The van der Waals surface area contributed by atoms with E-state index in [4.69, 9.17) is 19.7 Å². The predicted molar refractivity (Wildman–Crippen MR) is 152 cm³/mol. The quantitative estimate of drug-likeness (QED) is 0.324. The maximum atomic E-state index is 12.4. The maximum Gasteiger partial charge on any atom is 0.264 e. The average Bonchev–Trinajstić information content (AvgIpc) is 3.40. The van der Waals surface area contributed by atoms with E-state index < -0.39 is 15.9 Å². The molecule has 1 fully saturated rings. The number of aryl methyl sites for hydroxylation is 2. The summed E-state index contributed by atoms with van der Waals surface area (Å²) in [4.78, 5) is 28.1. The minimum Gasteiger partial charge on any atom is -0.378 e. The zero-order valence-corrected chi connectivity index (χ0v) is 22.8. The van der Waals surface area contributed by atoms with Crippen LogP contribution in [0, 0.1) is 0 Å². The Kier molecular flexibility index (Phi) is 6.91. The van der Waals surface area contributed by atoms with Crippen LogP contribution in [0.15, 0.2) is 78.0 Å². The lowest BCUT2D eigenvalue weighted by atomic mass is 10.1. The van der Waals surface area contributed by atoms with Gasteiger partial charge in [0.05, 0.1) is 41.2 Å². The number of fused-ring (bicyclic) bond motifs is 2. The van der Waals surface area contributed by atoms with Crippen LogP contribution in [0.4, 0.5) is 5.82 Å². The van der Waals surface area contributed by atoms with Crippen LogP contribution in [-0.4, -0.2) is 60.0 Å². The van der Waals surface area contributed by atoms with Gasteiger partial charge in [0.2, 0.25) is 5.91 Å². The van der Waals surface area contributed by atoms with Crippen molar-refractivity contribution in [2.24, 2.45) is 0 Å². The monoisotopic (exact) mass is 556 g/mol. The molecule has 0 atom stereocenters. The van der Waals surface area contributed by atoms with Gasteiger partial charge in [-0.2, -0.15) is 0 Å². The molecular weight excluding hydrogens is 528 g/mol. The summed E-state index contributed by atoms with van der Waals surface area (Å²) >= 11 is 0. The third kappa shape index (κ3) is 5.25. The molecule has 1 aliphatic rings. The number of rotatable bonds is 7. The number of benzene rings is 2. The molecule has 10 nitrogen and oxygen atoms in total. The lowest BCUT2D eigenvalue weighted by Gasteiger charge is -2.28. The fourth-order valence-electron chi connectivity index (χ4n) is 4.90. The molecule has 1 N–H and O–H groups in total. The number of morpholine rings is 1. The van der Waals surface area contributed by atoms with E-state index in [0.29, 0.717) is 19.6 Å². The van der Waals surface area contributed by atoms with Gasteiger partial charge in [-0.25, -0.2) is 23.1 Å². The largest absolute Gasteiger partial charge is 0.378 e. The van der Waals surface area contributed by atoms with Crippen molar-refractivity contribution < 1.29 is 17.9 Å². The van der Waals surface area contributed by atoms with Gasteiger partial charge in [0.25, 0.3) is 10.0 Å². The second-order valence-corrected chi connectivity index (χ2v) is 11.4. The van der Waals surface area contributed by atoms with E-state index in [0.717, 1.165) is 71.4 Å². The van der Waals surface area contributed by atoms with E-state index in [1.807, 2.05) is 33.5 Å². The van der Waals surface area contributed by atoms with Crippen LogP contribution in [0.1, 0.15) is 18.3 Å². The number of sulfonamides is 1. The average molecular weight is 557 g/mol. The summed E-state index contributed by atoms with van der Waals surface area (Å²) in [5.41, 5.74) is 5.16. The Bertz CT molecular complexity index is 1810. The highest BCUT2D eigenvalue weighted by atomic mass is 32.2. The molecule has 1 amide bonds. The first-order valence-electron chi connectivity index (χ1n) is 13.1. The summed E-state index contributed by atoms with van der Waals surface area (Å²) in [6.45, 7) is 3.86. The van der Waals surface area contributed by atoms with Crippen LogP contribution < -0.4 is 9.62 Å². The number of anilines is 1. The van der Waals surface area contributed by atoms with Gasteiger partial charge in [0.15, 0.2) is 11.5 Å². The van der Waals surface area contributed by atoms with Crippen LogP contribution in [0.3, 0.4) is 0 Å². The lowest BCUT2D eigenvalue weighted by Crippen LogP contribution is -2.37. The Balaban J connectivity index is 1.35. The molecule has 40 heavy (non-hydrogen) atoms. The van der Waals surface area contributed by atoms with Crippen molar-refractivity contribution in [2.75, 3.05) is 31.2 Å². The van der Waals surface area contributed by atoms with E-state index in [-0.39, 0.29) is 4.90 Å². The number of amides is 1. The zero-order chi connectivity index (χ0) is 27.7. The highest BCUT2D eigenvalue weighted by molar-refractivity contribution is 7.90. The molecule has 0 saturated carbocycles. The number of hydrogen-bond acceptors (Lipinski definition) is 8. The van der Waals surface area contributed by atoms with Crippen molar-refractivity contribution >= 4 is 38.3 Å². The highest BCUT2D eigenvalue weighted by Crippen LogP contribution is 2.28. The molecule has 0 spiro atoms. The number of hydrogen-bond donors (Lipinski definition) is 1. The van der Waals surface area contributed by atoms with Crippen LogP contribution >= 0.6 is 0 Å². The third-order valence-corrected chi connectivity index (χ3v) is 8.32. The van der Waals surface area contributed by atoms with Crippen molar-refractivity contribution in [3.05, 3.63) is 84.4 Å². The van der Waals surface area contributed by atoms with Gasteiger partial charge in [-0.3, -0.25) is 14.2 Å². The molecule has 4 heterocycles. The van der Waals surface area contributed by atoms with Crippen LogP contribution in [0.5, 0.6) is 0 Å². The molecule has 0 bridgehead atoms. The first-order chi connectivity index (χ1) is 19.4. The fraction of sp³-hybridized carbons (Fsp3) is 0.241. The van der Waals surface area contributed by atoms with Crippen LogP contribution in [-0.2, 0) is 32.4 Å². The summed E-state index contributed by atoms with van der Waals surface area (Å²) in [6.07, 6.45) is 5.23. The number of nitrogens with one attached hydrogen (secondary N) is 1. The van der Waals surface area contributed by atoms with Crippen LogP contribution in [0.2, 0.25) is 0 Å². The van der Waals surface area contributed by atoms with E-state index >= 15 is 0 Å². The number of para-hydroxylation sites is 1. The Morgan fingerprint density at radius 1 is 0.950 bits per heavy atom. The van der Waals surface area contributed by atoms with Gasteiger partial charge in [-0.05, 0) is 37.1 Å². The molecule has 3 aromatic heterocycles. The van der Waals surface area contributed by atoms with Gasteiger partial charge in [0, 0.05) is 42.9 Å². The highest BCUT2D eigenvalue weighted by Gasteiger charge is 2.21. The molecule has 204 valence electrons. The molecule has 0 unspecified atom stereocenters. The van der Waals surface area contributed by atoms with Crippen molar-refractivity contribution in [1.29, 1.82) is 0 Å². The fourth-order valence-corrected chi connectivity index (χ4v) is 5.89. The predicted octanol–water partition coefficient (Wildman–Crippen LogP) is 3.39. The summed E-state index contributed by atoms with van der Waals surface area (Å²) in [5.74, 6) is 0.144. The van der Waals surface area contributed by atoms with E-state index in [1.54, 1.807) is 18.3 Å². The molecule has 11 heteroatoms. The molecule has 6 rings (SSSR count). The SMILES string of the molecule is CC(=O)NS(=O)(=O)c1ccc(-c2cnc(N3CCOCC3)c3nc(CCc4ccc5ccccc5n4)cn23)cc1. The molecule has 2 aromatic carbocycles. The maximum absolute atomic E-state index is 12.4. The summed E-state index contributed by atoms with van der Waals surface area (Å²) < 4.78 is 34.4. The summed E-state index contributed by atoms with van der Waals surface area (Å²) in [6, 6.07) is 18.6. The molecule has 0 radical (unpaired) electrons. The zero-order valence-electron chi connectivity index (χ0n) is 21.9. The first-order valence-corrected chi connectivity index (χ1v) is 14.5. The smallest absolute Gasteiger partial charge is 0.264 e.